The number of hydrogen-bond donors (Lipinski definition) is 2. The molecule has 0 aromatic carbocycles. The van der Waals surface area contributed by atoms with Crippen LogP contribution in [0.4, 0.5) is 5.69 Å². The summed E-state index contributed by atoms with van der Waals surface area (Å²) in [5, 5.41) is 9.12. The molecular formula is C13H23N3O2. The minimum atomic E-state index is -0.0723. The van der Waals surface area contributed by atoms with E-state index in [9.17, 15) is 4.79 Å². The SMILES string of the molecule is CCC(CC)N(CCO)C(=O)c1cc(N)cn1C. The third kappa shape index (κ3) is 3.04. The minimum absolute atomic E-state index is 0.0256. The van der Waals surface area contributed by atoms with Crippen molar-refractivity contribution < 1.29 is 9.90 Å². The standard InChI is InChI=1S/C13H23N3O2/c1-4-11(5-2)16(6-7-17)13(18)12-8-10(14)9-15(12)3/h8-9,11,17H,4-7,14H2,1-3H3. The summed E-state index contributed by atoms with van der Waals surface area (Å²) in [5.74, 6) is -0.0723. The summed E-state index contributed by atoms with van der Waals surface area (Å²) in [7, 11) is 1.80. The van der Waals surface area contributed by atoms with E-state index in [0.29, 0.717) is 17.9 Å². The summed E-state index contributed by atoms with van der Waals surface area (Å²) in [6.07, 6.45) is 3.47. The summed E-state index contributed by atoms with van der Waals surface area (Å²) in [4.78, 5) is 14.2. The predicted molar refractivity (Wildman–Crippen MR) is 72.3 cm³/mol. The Morgan fingerprint density at radius 3 is 2.50 bits per heavy atom. The first kappa shape index (κ1) is 14.6. The van der Waals surface area contributed by atoms with E-state index in [4.69, 9.17) is 10.8 Å². The zero-order chi connectivity index (χ0) is 13.7. The van der Waals surface area contributed by atoms with Crippen LogP contribution in [0, 0.1) is 0 Å². The van der Waals surface area contributed by atoms with Gasteiger partial charge in [-0.3, -0.25) is 4.79 Å². The average Bonchev–Trinajstić information content (AvgIpc) is 2.68. The molecule has 0 aliphatic rings. The fourth-order valence-corrected chi connectivity index (χ4v) is 2.24. The maximum atomic E-state index is 12.5. The van der Waals surface area contributed by atoms with Crippen molar-refractivity contribution in [2.75, 3.05) is 18.9 Å². The lowest BCUT2D eigenvalue weighted by Crippen LogP contribution is -2.42. The molecule has 0 aliphatic carbocycles. The fourth-order valence-electron chi connectivity index (χ4n) is 2.24. The van der Waals surface area contributed by atoms with E-state index in [1.54, 1.807) is 28.8 Å². The number of rotatable bonds is 6. The highest BCUT2D eigenvalue weighted by Crippen LogP contribution is 2.16. The van der Waals surface area contributed by atoms with Crippen LogP contribution in [-0.2, 0) is 7.05 Å². The largest absolute Gasteiger partial charge is 0.397 e. The summed E-state index contributed by atoms with van der Waals surface area (Å²) >= 11 is 0. The van der Waals surface area contributed by atoms with Gasteiger partial charge in [0, 0.05) is 25.8 Å². The minimum Gasteiger partial charge on any atom is -0.397 e. The maximum Gasteiger partial charge on any atom is 0.270 e. The van der Waals surface area contributed by atoms with Gasteiger partial charge in [-0.05, 0) is 18.9 Å². The number of carbonyl (C=O) groups excluding carboxylic acids is 1. The Balaban J connectivity index is 2.98. The quantitative estimate of drug-likeness (QED) is 0.801. The van der Waals surface area contributed by atoms with Crippen LogP contribution in [0.1, 0.15) is 37.2 Å². The van der Waals surface area contributed by atoms with Crippen LogP contribution in [0.25, 0.3) is 0 Å². The van der Waals surface area contributed by atoms with Crippen molar-refractivity contribution in [2.45, 2.75) is 32.7 Å². The molecule has 102 valence electrons. The second-order valence-corrected chi connectivity index (χ2v) is 4.46. The normalized spacial score (nSPS) is 10.9. The first-order valence-corrected chi connectivity index (χ1v) is 6.38. The van der Waals surface area contributed by atoms with Gasteiger partial charge in [0.15, 0.2) is 0 Å². The molecule has 0 radical (unpaired) electrons. The Bertz CT molecular complexity index is 397. The number of aryl methyl sites for hydroxylation is 1. The van der Waals surface area contributed by atoms with Gasteiger partial charge >= 0.3 is 0 Å². The number of hydrogen-bond acceptors (Lipinski definition) is 3. The third-order valence-electron chi connectivity index (χ3n) is 3.23. The van der Waals surface area contributed by atoms with E-state index in [-0.39, 0.29) is 18.6 Å². The molecule has 5 nitrogen and oxygen atoms in total. The molecule has 1 amide bonds. The van der Waals surface area contributed by atoms with E-state index in [1.165, 1.54) is 0 Å². The first-order chi connectivity index (χ1) is 8.54. The zero-order valence-electron chi connectivity index (χ0n) is 11.4. The van der Waals surface area contributed by atoms with E-state index in [1.807, 2.05) is 13.8 Å². The van der Waals surface area contributed by atoms with Crippen molar-refractivity contribution in [1.82, 2.24) is 9.47 Å². The molecule has 1 aromatic heterocycles. The summed E-state index contributed by atoms with van der Waals surface area (Å²) in [6.45, 7) is 4.43. The molecule has 0 fully saturated rings. The van der Waals surface area contributed by atoms with Gasteiger partial charge in [0.25, 0.3) is 5.91 Å². The second-order valence-electron chi connectivity index (χ2n) is 4.46. The van der Waals surface area contributed by atoms with Crippen LogP contribution < -0.4 is 5.73 Å². The lowest BCUT2D eigenvalue weighted by molar-refractivity contribution is 0.0612. The smallest absolute Gasteiger partial charge is 0.270 e. The number of carbonyl (C=O) groups is 1. The zero-order valence-corrected chi connectivity index (χ0v) is 11.4. The van der Waals surface area contributed by atoms with Gasteiger partial charge in [0.2, 0.25) is 0 Å². The van der Waals surface area contributed by atoms with Crippen LogP contribution in [-0.4, -0.2) is 39.7 Å². The summed E-state index contributed by atoms with van der Waals surface area (Å²) in [6, 6.07) is 1.83. The molecule has 18 heavy (non-hydrogen) atoms. The number of nitrogens with two attached hydrogens (primary N) is 1. The molecule has 0 saturated carbocycles. The number of aliphatic hydroxyl groups is 1. The molecule has 1 aromatic rings. The summed E-state index contributed by atoms with van der Waals surface area (Å²) in [5.41, 5.74) is 6.83. The average molecular weight is 253 g/mol. The third-order valence-corrected chi connectivity index (χ3v) is 3.23. The number of aromatic nitrogens is 1. The second kappa shape index (κ2) is 6.44. The highest BCUT2D eigenvalue weighted by atomic mass is 16.3. The van der Waals surface area contributed by atoms with E-state index >= 15 is 0 Å². The van der Waals surface area contributed by atoms with Gasteiger partial charge in [0.05, 0.1) is 12.3 Å². The monoisotopic (exact) mass is 253 g/mol. The maximum absolute atomic E-state index is 12.5. The van der Waals surface area contributed by atoms with E-state index in [2.05, 4.69) is 0 Å². The van der Waals surface area contributed by atoms with Crippen molar-refractivity contribution in [3.8, 4) is 0 Å². The predicted octanol–water partition coefficient (Wildman–Crippen LogP) is 1.23. The Morgan fingerprint density at radius 1 is 1.50 bits per heavy atom. The van der Waals surface area contributed by atoms with Gasteiger partial charge in [-0.25, -0.2) is 0 Å². The van der Waals surface area contributed by atoms with Gasteiger partial charge in [-0.2, -0.15) is 0 Å². The van der Waals surface area contributed by atoms with Crippen LogP contribution in [0.15, 0.2) is 12.3 Å². The molecule has 0 unspecified atom stereocenters. The molecule has 0 atom stereocenters. The van der Waals surface area contributed by atoms with Gasteiger partial charge in [-0.15, -0.1) is 0 Å². The van der Waals surface area contributed by atoms with Gasteiger partial charge in [0.1, 0.15) is 5.69 Å². The number of amides is 1. The first-order valence-electron chi connectivity index (χ1n) is 6.38. The molecular weight excluding hydrogens is 230 g/mol. The van der Waals surface area contributed by atoms with Gasteiger partial charge in [-0.1, -0.05) is 13.8 Å². The van der Waals surface area contributed by atoms with Crippen molar-refractivity contribution >= 4 is 11.6 Å². The van der Waals surface area contributed by atoms with E-state index < -0.39 is 0 Å². The van der Waals surface area contributed by atoms with Crippen LogP contribution in [0.3, 0.4) is 0 Å². The van der Waals surface area contributed by atoms with E-state index in [0.717, 1.165) is 12.8 Å². The topological polar surface area (TPSA) is 71.5 Å². The highest BCUT2D eigenvalue weighted by molar-refractivity contribution is 5.94. The number of nitrogen functional groups attached to an aromatic ring is 1. The Morgan fingerprint density at radius 2 is 2.11 bits per heavy atom. The molecule has 0 aliphatic heterocycles. The Hall–Kier alpha value is -1.49. The van der Waals surface area contributed by atoms with Crippen LogP contribution in [0.5, 0.6) is 0 Å². The number of anilines is 1. The molecule has 0 spiro atoms. The Labute approximate surface area is 108 Å². The highest BCUT2D eigenvalue weighted by Gasteiger charge is 2.23. The van der Waals surface area contributed by atoms with Crippen LogP contribution >= 0.6 is 0 Å². The molecule has 1 heterocycles. The molecule has 0 bridgehead atoms. The fraction of sp³-hybridized carbons (Fsp3) is 0.615. The van der Waals surface area contributed by atoms with Gasteiger partial charge < -0.3 is 20.3 Å². The van der Waals surface area contributed by atoms with Crippen molar-refractivity contribution in [1.29, 1.82) is 0 Å². The van der Waals surface area contributed by atoms with Crippen molar-refractivity contribution in [3.63, 3.8) is 0 Å². The Kier molecular flexibility index (Phi) is 5.22. The van der Waals surface area contributed by atoms with Crippen molar-refractivity contribution in [3.05, 3.63) is 18.0 Å². The molecule has 0 saturated heterocycles. The number of aliphatic hydroxyl groups excluding tert-OH is 1. The molecule has 3 N–H and O–H groups in total. The molecule has 1 rings (SSSR count). The summed E-state index contributed by atoms with van der Waals surface area (Å²) < 4.78 is 1.73. The van der Waals surface area contributed by atoms with Crippen molar-refractivity contribution in [2.24, 2.45) is 7.05 Å². The lowest BCUT2D eigenvalue weighted by Gasteiger charge is -2.30. The van der Waals surface area contributed by atoms with Crippen LogP contribution in [0.2, 0.25) is 0 Å². The number of nitrogens with zero attached hydrogens (tertiary/aromatic N) is 2. The molecule has 5 heteroatoms. The lowest BCUT2D eigenvalue weighted by atomic mass is 10.1.